The molecule has 1 heterocycles. The normalized spacial score (nSPS) is 11.4. The van der Waals surface area contributed by atoms with Gasteiger partial charge < -0.3 is 0 Å². The van der Waals surface area contributed by atoms with Crippen LogP contribution in [0.5, 0.6) is 0 Å². The Morgan fingerprint density at radius 1 is 1.67 bits per heavy atom. The topological polar surface area (TPSA) is 116 Å². The second-order valence-electron chi connectivity index (χ2n) is 1.77. The second kappa shape index (κ2) is 2.77. The fourth-order valence-electron chi connectivity index (χ4n) is 0.466. The van der Waals surface area contributed by atoms with Crippen molar-refractivity contribution in [3.8, 4) is 0 Å². The van der Waals surface area contributed by atoms with Crippen LogP contribution in [0, 0.1) is 10.1 Å². The van der Waals surface area contributed by atoms with E-state index in [2.05, 4.69) is 10.1 Å². The molecule has 7 nitrogen and oxygen atoms in total. The van der Waals surface area contributed by atoms with Gasteiger partial charge in [0.1, 0.15) is 6.20 Å². The number of nitrogens with two attached hydrogens (primary N) is 1. The van der Waals surface area contributed by atoms with E-state index in [-0.39, 0.29) is 5.00 Å². The first-order valence-electron chi connectivity index (χ1n) is 2.54. The van der Waals surface area contributed by atoms with E-state index < -0.39 is 19.3 Å². The third-order valence-electron chi connectivity index (χ3n) is 0.896. The van der Waals surface area contributed by atoms with Crippen molar-refractivity contribution in [2.45, 2.75) is 4.34 Å². The molecule has 0 spiro atoms. The largest absolute Gasteiger partial charge is 0.344 e. The van der Waals surface area contributed by atoms with Crippen molar-refractivity contribution in [3.05, 3.63) is 16.3 Å². The van der Waals surface area contributed by atoms with Gasteiger partial charge in [0.25, 0.3) is 10.0 Å². The molecule has 0 radical (unpaired) electrons. The number of rotatable bonds is 2. The Kier molecular flexibility index (Phi) is 2.08. The van der Waals surface area contributed by atoms with Gasteiger partial charge in [-0.3, -0.25) is 10.1 Å². The number of hydrogen-bond donors (Lipinski definition) is 1. The number of nitrogens with zero attached hydrogens (tertiary/aromatic N) is 2. The number of nitro groups is 1. The van der Waals surface area contributed by atoms with E-state index in [1.165, 1.54) is 0 Å². The van der Waals surface area contributed by atoms with Gasteiger partial charge in [-0.25, -0.2) is 18.5 Å². The van der Waals surface area contributed by atoms with E-state index in [0.29, 0.717) is 11.3 Å². The molecule has 0 aliphatic carbocycles. The molecule has 0 saturated carbocycles. The van der Waals surface area contributed by atoms with Gasteiger partial charge in [0.2, 0.25) is 4.34 Å². The number of hydrogen-bond acceptors (Lipinski definition) is 6. The average Bonchev–Trinajstić information content (AvgIpc) is 2.30. The molecule has 1 aromatic rings. The maximum atomic E-state index is 10.6. The summed E-state index contributed by atoms with van der Waals surface area (Å²) in [6.45, 7) is 0. The Balaban J connectivity index is 3.17. The summed E-state index contributed by atoms with van der Waals surface area (Å²) < 4.78 is 20.7. The van der Waals surface area contributed by atoms with E-state index in [9.17, 15) is 18.5 Å². The summed E-state index contributed by atoms with van der Waals surface area (Å²) in [6.07, 6.45) is 0.852. The van der Waals surface area contributed by atoms with Gasteiger partial charge in [-0.1, -0.05) is 0 Å². The minimum atomic E-state index is -3.91. The Labute approximate surface area is 71.0 Å². The predicted molar refractivity (Wildman–Crippen MR) is 40.1 cm³/mol. The van der Waals surface area contributed by atoms with Crippen molar-refractivity contribution in [1.29, 1.82) is 0 Å². The summed E-state index contributed by atoms with van der Waals surface area (Å²) in [4.78, 5) is 12.6. The molecule has 0 saturated heterocycles. The van der Waals surface area contributed by atoms with Gasteiger partial charge in [0.15, 0.2) is 0 Å². The number of sulfonamides is 1. The molecule has 66 valence electrons. The summed E-state index contributed by atoms with van der Waals surface area (Å²) in [5.74, 6) is 0. The molecule has 0 fully saturated rings. The smallest absolute Gasteiger partial charge is 0.257 e. The van der Waals surface area contributed by atoms with Gasteiger partial charge >= 0.3 is 5.00 Å². The van der Waals surface area contributed by atoms with Crippen molar-refractivity contribution in [1.82, 2.24) is 4.98 Å². The van der Waals surface area contributed by atoms with Gasteiger partial charge in [0, 0.05) is 0 Å². The van der Waals surface area contributed by atoms with E-state index in [4.69, 9.17) is 0 Å². The van der Waals surface area contributed by atoms with Crippen LogP contribution in [0.3, 0.4) is 0 Å². The van der Waals surface area contributed by atoms with Gasteiger partial charge in [-0.15, -0.1) is 0 Å². The average molecular weight is 209 g/mol. The third-order valence-corrected chi connectivity index (χ3v) is 3.18. The zero-order chi connectivity index (χ0) is 9.35. The molecule has 2 N–H and O–H groups in total. The first-order valence-corrected chi connectivity index (χ1v) is 4.90. The van der Waals surface area contributed by atoms with Crippen molar-refractivity contribution < 1.29 is 13.3 Å². The summed E-state index contributed by atoms with van der Waals surface area (Å²) in [5.41, 5.74) is 0. The lowest BCUT2D eigenvalue weighted by atomic mass is 10.9. The fourth-order valence-corrected chi connectivity index (χ4v) is 1.85. The maximum absolute atomic E-state index is 10.6. The minimum absolute atomic E-state index is 0.348. The summed E-state index contributed by atoms with van der Waals surface area (Å²) in [6, 6.07) is 0. The highest BCUT2D eigenvalue weighted by molar-refractivity contribution is 7.91. The summed E-state index contributed by atoms with van der Waals surface area (Å²) in [7, 11) is -3.91. The van der Waals surface area contributed by atoms with E-state index in [1.54, 1.807) is 0 Å². The molecule has 0 bridgehead atoms. The molecular formula is C3H3N3O4S2. The number of aromatic nitrogens is 1. The van der Waals surface area contributed by atoms with Crippen LogP contribution in [0.25, 0.3) is 0 Å². The highest BCUT2D eigenvalue weighted by Gasteiger charge is 2.18. The molecule has 0 aliphatic heterocycles. The lowest BCUT2D eigenvalue weighted by molar-refractivity contribution is -0.380. The van der Waals surface area contributed by atoms with Crippen LogP contribution in [0.15, 0.2) is 10.5 Å². The number of thiazole rings is 1. The van der Waals surface area contributed by atoms with Gasteiger partial charge in [0.05, 0.1) is 4.92 Å². The van der Waals surface area contributed by atoms with E-state index in [0.717, 1.165) is 6.20 Å². The van der Waals surface area contributed by atoms with Crippen molar-refractivity contribution >= 4 is 26.4 Å². The minimum Gasteiger partial charge on any atom is -0.257 e. The zero-order valence-electron chi connectivity index (χ0n) is 5.50. The Morgan fingerprint density at radius 2 is 2.25 bits per heavy atom. The second-order valence-corrected chi connectivity index (χ2v) is 4.51. The van der Waals surface area contributed by atoms with E-state index in [1.807, 2.05) is 0 Å². The monoisotopic (exact) mass is 209 g/mol. The van der Waals surface area contributed by atoms with Crippen LogP contribution in [0.1, 0.15) is 0 Å². The van der Waals surface area contributed by atoms with Gasteiger partial charge in [-0.05, 0) is 11.3 Å². The van der Waals surface area contributed by atoms with Crippen molar-refractivity contribution in [3.63, 3.8) is 0 Å². The van der Waals surface area contributed by atoms with Crippen molar-refractivity contribution in [2.24, 2.45) is 5.14 Å². The van der Waals surface area contributed by atoms with Gasteiger partial charge in [-0.2, -0.15) is 0 Å². The Bertz CT molecular complexity index is 407. The molecule has 1 rings (SSSR count). The molecule has 0 aliphatic rings. The molecule has 0 unspecified atom stereocenters. The molecule has 0 aromatic carbocycles. The zero-order valence-corrected chi connectivity index (χ0v) is 7.13. The highest BCUT2D eigenvalue weighted by Crippen LogP contribution is 2.23. The SMILES string of the molecule is NS(=O)(=O)c1ncc([N+](=O)[O-])s1. The van der Waals surface area contributed by atoms with E-state index >= 15 is 0 Å². The Hall–Kier alpha value is -1.06. The predicted octanol–water partition coefficient (Wildman–Crippen LogP) is -0.301. The highest BCUT2D eigenvalue weighted by atomic mass is 32.2. The summed E-state index contributed by atoms with van der Waals surface area (Å²) in [5, 5.41) is 14.4. The maximum Gasteiger partial charge on any atom is 0.344 e. The molecule has 0 atom stereocenters. The lowest BCUT2D eigenvalue weighted by Crippen LogP contribution is -2.11. The molecule has 0 amide bonds. The van der Waals surface area contributed by atoms with Crippen LogP contribution in [0.4, 0.5) is 5.00 Å². The first-order chi connectivity index (χ1) is 5.41. The number of primary sulfonamides is 1. The molecule has 12 heavy (non-hydrogen) atoms. The molecule has 9 heteroatoms. The molecule has 1 aromatic heterocycles. The van der Waals surface area contributed by atoms with Crippen molar-refractivity contribution in [2.75, 3.05) is 0 Å². The van der Waals surface area contributed by atoms with Crippen LogP contribution in [-0.2, 0) is 10.0 Å². The lowest BCUT2D eigenvalue weighted by Gasteiger charge is -1.84. The van der Waals surface area contributed by atoms with Crippen LogP contribution < -0.4 is 5.14 Å². The fraction of sp³-hybridized carbons (Fsp3) is 0. The Morgan fingerprint density at radius 3 is 2.50 bits per heavy atom. The quantitative estimate of drug-likeness (QED) is 0.530. The third kappa shape index (κ3) is 1.75. The standard InChI is InChI=1S/C3H3N3O4S2/c4-12(9,10)3-5-1-2(11-3)6(7)8/h1H,(H2,4,9,10). The summed E-state index contributed by atoms with van der Waals surface area (Å²) >= 11 is 0.425. The van der Waals surface area contributed by atoms with Crippen LogP contribution in [0.2, 0.25) is 0 Å². The first kappa shape index (κ1) is 9.03. The van der Waals surface area contributed by atoms with Crippen LogP contribution in [-0.4, -0.2) is 18.3 Å². The molecular weight excluding hydrogens is 206 g/mol. The van der Waals surface area contributed by atoms with Crippen LogP contribution >= 0.6 is 11.3 Å².